The van der Waals surface area contributed by atoms with E-state index in [-0.39, 0.29) is 10.8 Å². The molecule has 5 aliphatic rings. The molecule has 0 aromatic carbocycles. The summed E-state index contributed by atoms with van der Waals surface area (Å²) >= 11 is 0. The van der Waals surface area contributed by atoms with Crippen LogP contribution in [-0.2, 0) is 9.53 Å². The normalized spacial score (nSPS) is 24.6. The van der Waals surface area contributed by atoms with E-state index in [1.54, 1.807) is 0 Å². The Labute approximate surface area is 321 Å². The van der Waals surface area contributed by atoms with Gasteiger partial charge in [0.15, 0.2) is 0 Å². The molecule has 2 saturated heterocycles. The molecule has 0 aromatic rings. The predicted octanol–water partition coefficient (Wildman–Crippen LogP) is 16.7. The first-order valence-corrected chi connectivity index (χ1v) is 24.1. The minimum Gasteiger partial charge on any atom is -0.465 e. The van der Waals surface area contributed by atoms with E-state index in [1.165, 1.54) is 225 Å². The van der Waals surface area contributed by atoms with E-state index in [0.717, 1.165) is 25.4 Å². The fourth-order valence-corrected chi connectivity index (χ4v) is 12.5. The average Bonchev–Trinajstić information content (AvgIpc) is 3.62. The van der Waals surface area contributed by atoms with Crippen molar-refractivity contribution in [1.29, 1.82) is 0 Å². The Kier molecular flexibility index (Phi) is 21.8. The smallest absolute Gasteiger partial charge is 0.312 e. The molecule has 0 aromatic heterocycles. The van der Waals surface area contributed by atoms with E-state index in [0.29, 0.717) is 16.8 Å². The molecule has 51 heavy (non-hydrogen) atoms. The van der Waals surface area contributed by atoms with E-state index in [4.69, 9.17) is 4.74 Å². The van der Waals surface area contributed by atoms with Crippen LogP contribution in [0.1, 0.15) is 272 Å². The molecule has 300 valence electrons. The molecule has 2 bridgehead atoms. The van der Waals surface area contributed by atoms with Crippen molar-refractivity contribution in [3.8, 4) is 0 Å². The molecule has 1 unspecified atom stereocenters. The first-order valence-electron chi connectivity index (χ1n) is 24.1. The van der Waals surface area contributed by atoms with Crippen LogP contribution in [0.3, 0.4) is 0 Å². The highest BCUT2D eigenvalue weighted by Gasteiger charge is 2.78. The van der Waals surface area contributed by atoms with Crippen LogP contribution in [0.5, 0.6) is 0 Å². The first kappa shape index (κ1) is 44.9. The Morgan fingerprint density at radius 1 is 0.471 bits per heavy atom. The van der Waals surface area contributed by atoms with Crippen molar-refractivity contribution < 1.29 is 9.53 Å². The van der Waals surface area contributed by atoms with Crippen molar-refractivity contribution in [2.24, 2.45) is 27.6 Å². The van der Waals surface area contributed by atoms with Gasteiger partial charge in [0.25, 0.3) is 0 Å². The van der Waals surface area contributed by atoms with Crippen LogP contribution >= 0.6 is 0 Å². The molecule has 5 fully saturated rings. The molecule has 0 radical (unpaired) electrons. The third-order valence-corrected chi connectivity index (χ3v) is 15.1. The third-order valence-electron chi connectivity index (χ3n) is 15.1. The monoisotopic (exact) mass is 713 g/mol. The summed E-state index contributed by atoms with van der Waals surface area (Å²) in [5, 5.41) is 0. The van der Waals surface area contributed by atoms with Crippen molar-refractivity contribution >= 4 is 5.97 Å². The zero-order chi connectivity index (χ0) is 36.7. The van der Waals surface area contributed by atoms with Crippen LogP contribution in [0, 0.1) is 27.6 Å². The Morgan fingerprint density at radius 2 is 0.824 bits per heavy atom. The largest absolute Gasteiger partial charge is 0.465 e. The molecule has 2 aliphatic heterocycles. The summed E-state index contributed by atoms with van der Waals surface area (Å²) in [6.45, 7) is 12.4. The molecule has 2 heterocycles. The second kappa shape index (κ2) is 24.8. The van der Waals surface area contributed by atoms with Crippen LogP contribution in [0.2, 0.25) is 0 Å². The second-order valence-electron chi connectivity index (χ2n) is 18.9. The fraction of sp³-hybridized carbons (Fsp3) is 0.980. The third kappa shape index (κ3) is 12.2. The van der Waals surface area contributed by atoms with Gasteiger partial charge >= 0.3 is 5.97 Å². The van der Waals surface area contributed by atoms with Crippen molar-refractivity contribution in [3.63, 3.8) is 0 Å². The lowest BCUT2D eigenvalue weighted by atomic mass is 9.37. The highest BCUT2D eigenvalue weighted by molar-refractivity contribution is 5.79. The Hall–Kier alpha value is -0.530. The molecule has 0 N–H and O–H groups in total. The number of carbonyl (C=O) groups is 1. The van der Waals surface area contributed by atoms with Gasteiger partial charge in [-0.25, -0.2) is 0 Å². The summed E-state index contributed by atoms with van der Waals surface area (Å²) < 4.78 is 6.80. The molecule has 1 atom stereocenters. The summed E-state index contributed by atoms with van der Waals surface area (Å²) in [7, 11) is 0. The van der Waals surface area contributed by atoms with Gasteiger partial charge in [-0.3, -0.25) is 4.79 Å². The van der Waals surface area contributed by atoms with Crippen LogP contribution < -0.4 is 0 Å². The van der Waals surface area contributed by atoms with E-state index in [2.05, 4.69) is 34.6 Å². The van der Waals surface area contributed by atoms with Gasteiger partial charge in [-0.2, -0.15) is 0 Å². The van der Waals surface area contributed by atoms with Gasteiger partial charge in [0.1, 0.15) is 0 Å². The van der Waals surface area contributed by atoms with Gasteiger partial charge in [-0.15, -0.1) is 0 Å². The maximum Gasteiger partial charge on any atom is 0.312 e. The van der Waals surface area contributed by atoms with E-state index in [1.807, 2.05) is 0 Å². The summed E-state index contributed by atoms with van der Waals surface area (Å²) in [4.78, 5) is 15.3. The maximum atomic E-state index is 15.3. The Morgan fingerprint density at radius 3 is 1.24 bits per heavy atom. The second-order valence-corrected chi connectivity index (χ2v) is 18.9. The average molecular weight is 713 g/mol. The summed E-state index contributed by atoms with van der Waals surface area (Å²) in [6.07, 6.45) is 49.4. The van der Waals surface area contributed by atoms with Gasteiger partial charge in [0.2, 0.25) is 0 Å². The van der Waals surface area contributed by atoms with E-state index >= 15 is 4.79 Å². The van der Waals surface area contributed by atoms with Crippen molar-refractivity contribution in [1.82, 2.24) is 0 Å². The molecule has 0 spiro atoms. The number of hydrogen-bond acceptors (Lipinski definition) is 2. The lowest BCUT2D eigenvalue weighted by molar-refractivity contribution is -0.233. The van der Waals surface area contributed by atoms with Crippen LogP contribution in [0.15, 0.2) is 0 Å². The molecule has 3 aliphatic carbocycles. The van der Waals surface area contributed by atoms with Gasteiger partial charge in [0.05, 0.1) is 12.0 Å². The van der Waals surface area contributed by atoms with Crippen LogP contribution in [0.25, 0.3) is 0 Å². The summed E-state index contributed by atoms with van der Waals surface area (Å²) in [6, 6.07) is 0. The van der Waals surface area contributed by atoms with Crippen molar-refractivity contribution in [3.05, 3.63) is 0 Å². The topological polar surface area (TPSA) is 26.3 Å². The Bertz CT molecular complexity index is 851. The summed E-state index contributed by atoms with van der Waals surface area (Å²) in [5.41, 5.74) is 0.499. The first-order chi connectivity index (χ1) is 25.0. The quantitative estimate of drug-likeness (QED) is 0.0490. The fourth-order valence-electron chi connectivity index (χ4n) is 12.5. The van der Waals surface area contributed by atoms with Crippen LogP contribution in [-0.4, -0.2) is 12.6 Å². The highest BCUT2D eigenvalue weighted by Crippen LogP contribution is 2.83. The number of esters is 1. The van der Waals surface area contributed by atoms with Crippen LogP contribution in [0.4, 0.5) is 0 Å². The SMILES string of the molecule is CCCCCCCCC1(CCCCCCCC)C(=O)OCC23CC(CCCCCCC)C(C2)(C3)C1(CCCCCCCC)CCCCCCCC. The molecule has 3 saturated carbocycles. The predicted molar refractivity (Wildman–Crippen MR) is 223 cm³/mol. The van der Waals surface area contributed by atoms with Crippen molar-refractivity contribution in [2.75, 3.05) is 6.61 Å². The highest BCUT2D eigenvalue weighted by atomic mass is 16.5. The molecule has 2 heteroatoms. The lowest BCUT2D eigenvalue weighted by Crippen LogP contribution is -2.65. The zero-order valence-electron chi connectivity index (χ0n) is 35.8. The maximum absolute atomic E-state index is 15.3. The minimum atomic E-state index is -0.285. The van der Waals surface area contributed by atoms with Crippen molar-refractivity contribution in [2.45, 2.75) is 272 Å². The van der Waals surface area contributed by atoms with Gasteiger partial charge < -0.3 is 4.74 Å². The number of unbranched alkanes of at least 4 members (excludes halogenated alkanes) is 24. The zero-order valence-corrected chi connectivity index (χ0v) is 35.8. The number of carbonyl (C=O) groups excluding carboxylic acids is 1. The molecule has 5 rings (SSSR count). The van der Waals surface area contributed by atoms with Gasteiger partial charge in [0, 0.05) is 5.41 Å². The summed E-state index contributed by atoms with van der Waals surface area (Å²) in [5.74, 6) is 1.10. The minimum absolute atomic E-state index is 0.119. The van der Waals surface area contributed by atoms with E-state index < -0.39 is 0 Å². The molecular weight excluding hydrogens is 621 g/mol. The lowest BCUT2D eigenvalue weighted by Gasteiger charge is -2.67. The molecule has 0 amide bonds. The molecular formula is C49H92O2. The Balaban J connectivity index is 2.05. The van der Waals surface area contributed by atoms with E-state index in [9.17, 15) is 0 Å². The standard InChI is InChI=1S/C49H92O2/c1-6-11-16-21-26-31-36-47(37-32-27-22-17-12-7-2)45(50)51-43-46-40-44(35-30-25-20-15-10-5)48(41-46,42-46)49(47,38-33-28-23-18-13-8-3)39-34-29-24-19-14-9-4/h44H,6-43H2,1-5H3. The number of ether oxygens (including phenoxy) is 1. The number of rotatable bonds is 34. The molecule has 2 nitrogen and oxygen atoms in total. The number of fused-ring (bicyclic) bond motifs is 5. The van der Waals surface area contributed by atoms with Gasteiger partial charge in [-0.05, 0) is 68.1 Å². The number of hydrogen-bond donors (Lipinski definition) is 0. The van der Waals surface area contributed by atoms with Gasteiger partial charge in [-0.1, -0.05) is 221 Å².